The molecule has 0 radical (unpaired) electrons. The van der Waals surface area contributed by atoms with E-state index >= 15 is 0 Å². The van der Waals surface area contributed by atoms with Gasteiger partial charge in [0.25, 0.3) is 0 Å². The molecule has 1 heterocycles. The Hall–Kier alpha value is -1.57. The highest BCUT2D eigenvalue weighted by molar-refractivity contribution is 7.90. The SMILES string of the molecule is CC1(C)[C@@H]2Cc3c(cccc3S(C)(=O)=O)[C@]1(C)CCN2C(=O)C(F)(F)F. The second kappa shape index (κ2) is 5.47. The first-order valence-electron chi connectivity index (χ1n) is 8.41. The van der Waals surface area contributed by atoms with E-state index in [0.717, 1.165) is 16.7 Å². The summed E-state index contributed by atoms with van der Waals surface area (Å²) >= 11 is 0. The summed E-state index contributed by atoms with van der Waals surface area (Å²) in [7, 11) is -3.53. The molecule has 26 heavy (non-hydrogen) atoms. The van der Waals surface area contributed by atoms with Crippen LogP contribution >= 0.6 is 0 Å². The zero-order chi connectivity index (χ0) is 19.7. The summed E-state index contributed by atoms with van der Waals surface area (Å²) in [5.74, 6) is -1.85. The Morgan fingerprint density at radius 2 is 1.85 bits per heavy atom. The van der Waals surface area contributed by atoms with Crippen LogP contribution in [0, 0.1) is 5.41 Å². The van der Waals surface area contributed by atoms with Crippen LogP contribution in [0.1, 0.15) is 38.3 Å². The minimum absolute atomic E-state index is 0.00544. The molecule has 4 nitrogen and oxygen atoms in total. The Morgan fingerprint density at radius 3 is 2.38 bits per heavy atom. The van der Waals surface area contributed by atoms with Gasteiger partial charge >= 0.3 is 12.1 Å². The predicted molar refractivity (Wildman–Crippen MR) is 90.6 cm³/mol. The van der Waals surface area contributed by atoms with Gasteiger partial charge in [-0.25, -0.2) is 8.42 Å². The van der Waals surface area contributed by atoms with Crippen LogP contribution in [0.2, 0.25) is 0 Å². The van der Waals surface area contributed by atoms with E-state index in [1.54, 1.807) is 6.07 Å². The number of piperidine rings is 1. The Bertz CT molecular complexity index is 876. The highest BCUT2D eigenvalue weighted by Gasteiger charge is 2.59. The van der Waals surface area contributed by atoms with Crippen molar-refractivity contribution in [1.82, 2.24) is 4.90 Å². The number of alkyl halides is 3. The van der Waals surface area contributed by atoms with Crippen LogP contribution < -0.4 is 0 Å². The van der Waals surface area contributed by atoms with Crippen LogP contribution in [-0.2, 0) is 26.5 Å². The number of carbonyl (C=O) groups is 1. The maximum atomic E-state index is 13.1. The largest absolute Gasteiger partial charge is 0.471 e. The van der Waals surface area contributed by atoms with Crippen molar-refractivity contribution in [2.45, 2.75) is 56.1 Å². The van der Waals surface area contributed by atoms with Crippen molar-refractivity contribution in [3.63, 3.8) is 0 Å². The summed E-state index contributed by atoms with van der Waals surface area (Å²) < 4.78 is 63.7. The molecule has 144 valence electrons. The molecular weight excluding hydrogens is 367 g/mol. The highest BCUT2D eigenvalue weighted by Crippen LogP contribution is 2.57. The van der Waals surface area contributed by atoms with Gasteiger partial charge in [-0.05, 0) is 35.4 Å². The number of benzene rings is 1. The number of hydrogen-bond donors (Lipinski definition) is 0. The summed E-state index contributed by atoms with van der Waals surface area (Å²) in [5, 5.41) is 0. The number of hydrogen-bond acceptors (Lipinski definition) is 3. The lowest BCUT2D eigenvalue weighted by molar-refractivity contribution is -0.195. The van der Waals surface area contributed by atoms with Crippen molar-refractivity contribution in [3.8, 4) is 0 Å². The van der Waals surface area contributed by atoms with Gasteiger partial charge in [-0.2, -0.15) is 13.2 Å². The lowest BCUT2D eigenvalue weighted by atomic mass is 9.51. The van der Waals surface area contributed by atoms with Gasteiger partial charge in [-0.1, -0.05) is 32.9 Å². The van der Waals surface area contributed by atoms with E-state index < -0.39 is 38.8 Å². The van der Waals surface area contributed by atoms with Gasteiger partial charge in [0, 0.05) is 24.3 Å². The van der Waals surface area contributed by atoms with E-state index in [-0.39, 0.29) is 17.9 Å². The smallest absolute Gasteiger partial charge is 0.331 e. The number of rotatable bonds is 1. The third kappa shape index (κ3) is 2.56. The van der Waals surface area contributed by atoms with Crippen LogP contribution in [0.25, 0.3) is 0 Å². The van der Waals surface area contributed by atoms with Crippen LogP contribution in [0.4, 0.5) is 13.2 Å². The van der Waals surface area contributed by atoms with Crippen molar-refractivity contribution >= 4 is 15.7 Å². The van der Waals surface area contributed by atoms with Crippen LogP contribution in [0.5, 0.6) is 0 Å². The third-order valence-electron chi connectivity index (χ3n) is 6.51. The number of nitrogens with zero attached hydrogens (tertiary/aromatic N) is 1. The summed E-state index contributed by atoms with van der Waals surface area (Å²) in [6.07, 6.45) is -3.40. The molecule has 1 aliphatic carbocycles. The Balaban J connectivity index is 2.22. The molecule has 2 aliphatic rings. The van der Waals surface area contributed by atoms with Crippen LogP contribution in [-0.4, -0.2) is 44.2 Å². The lowest BCUT2D eigenvalue weighted by Crippen LogP contribution is -2.66. The molecule has 0 N–H and O–H groups in total. The molecule has 1 aromatic rings. The lowest BCUT2D eigenvalue weighted by Gasteiger charge is -2.60. The fraction of sp³-hybridized carbons (Fsp3) is 0.611. The standard InChI is InChI=1S/C18H22F3NO3S/c1-16(2)14-10-11-12(6-5-7-13(11)26(4,24)25)17(16,3)8-9-22(14)15(23)18(19,20)21/h5-7,14H,8-10H2,1-4H3/t14-,17-/m0/s1. The molecule has 8 heteroatoms. The maximum Gasteiger partial charge on any atom is 0.471 e. The van der Waals surface area contributed by atoms with Gasteiger partial charge in [0.2, 0.25) is 0 Å². The van der Waals surface area contributed by atoms with Gasteiger partial charge in [0.1, 0.15) is 0 Å². The van der Waals surface area contributed by atoms with Crippen LogP contribution in [0.15, 0.2) is 23.1 Å². The molecule has 0 aromatic heterocycles. The van der Waals surface area contributed by atoms with Crippen molar-refractivity contribution in [2.24, 2.45) is 5.41 Å². The van der Waals surface area contributed by atoms with Crippen LogP contribution in [0.3, 0.4) is 0 Å². The topological polar surface area (TPSA) is 54.5 Å². The number of carbonyl (C=O) groups excluding carboxylic acids is 1. The Kier molecular flexibility index (Phi) is 4.04. The Morgan fingerprint density at radius 1 is 1.23 bits per heavy atom. The maximum absolute atomic E-state index is 13.1. The molecule has 0 spiro atoms. The average Bonchev–Trinajstić information content (AvgIpc) is 2.48. The van der Waals surface area contributed by atoms with Gasteiger partial charge in [-0.15, -0.1) is 0 Å². The first-order valence-corrected chi connectivity index (χ1v) is 10.3. The summed E-state index contributed by atoms with van der Waals surface area (Å²) in [6.45, 7) is 5.69. The zero-order valence-corrected chi connectivity index (χ0v) is 16.0. The van der Waals surface area contributed by atoms with Gasteiger partial charge in [0.15, 0.2) is 9.84 Å². The summed E-state index contributed by atoms with van der Waals surface area (Å²) in [6, 6.07) is 4.32. The molecule has 1 aliphatic heterocycles. The molecule has 0 saturated carbocycles. The second-order valence-corrected chi connectivity index (χ2v) is 10.1. The molecule has 1 aromatic carbocycles. The van der Waals surface area contributed by atoms with E-state index in [1.165, 1.54) is 6.07 Å². The quantitative estimate of drug-likeness (QED) is 0.742. The summed E-state index contributed by atoms with van der Waals surface area (Å²) in [5.41, 5.74) is 0.256. The van der Waals surface area contributed by atoms with E-state index in [0.29, 0.717) is 12.0 Å². The van der Waals surface area contributed by atoms with E-state index in [1.807, 2.05) is 26.8 Å². The minimum atomic E-state index is -4.94. The van der Waals surface area contributed by atoms with Crippen molar-refractivity contribution in [2.75, 3.05) is 12.8 Å². The molecule has 2 bridgehead atoms. The second-order valence-electron chi connectivity index (χ2n) is 8.07. The number of sulfone groups is 1. The molecule has 1 saturated heterocycles. The number of halogens is 3. The molecule has 3 rings (SSSR count). The van der Waals surface area contributed by atoms with Crippen molar-refractivity contribution in [1.29, 1.82) is 0 Å². The third-order valence-corrected chi connectivity index (χ3v) is 7.69. The average molecular weight is 389 g/mol. The van der Waals surface area contributed by atoms with Gasteiger partial charge in [-0.3, -0.25) is 4.79 Å². The summed E-state index contributed by atoms with van der Waals surface area (Å²) in [4.78, 5) is 13.0. The molecule has 1 amide bonds. The predicted octanol–water partition coefficient (Wildman–Crippen LogP) is 3.09. The molecular formula is C18H22F3NO3S. The first-order chi connectivity index (χ1) is 11.7. The first kappa shape index (κ1) is 19.2. The van der Waals surface area contributed by atoms with Gasteiger partial charge < -0.3 is 4.90 Å². The van der Waals surface area contributed by atoms with Gasteiger partial charge in [0.05, 0.1) is 4.90 Å². The molecule has 1 fully saturated rings. The molecule has 0 unspecified atom stereocenters. The highest BCUT2D eigenvalue weighted by atomic mass is 32.2. The van der Waals surface area contributed by atoms with E-state index in [9.17, 15) is 26.4 Å². The van der Waals surface area contributed by atoms with Crippen molar-refractivity contribution in [3.05, 3.63) is 29.3 Å². The number of amides is 1. The number of likely N-dealkylation sites (tertiary alicyclic amines) is 1. The normalized spacial score (nSPS) is 27.8. The zero-order valence-electron chi connectivity index (χ0n) is 15.1. The molecule has 2 atom stereocenters. The Labute approximate surface area is 151 Å². The fourth-order valence-electron chi connectivity index (χ4n) is 4.67. The minimum Gasteiger partial charge on any atom is -0.331 e. The fourth-order valence-corrected chi connectivity index (χ4v) is 5.63. The van der Waals surface area contributed by atoms with E-state index in [4.69, 9.17) is 0 Å². The van der Waals surface area contributed by atoms with Crippen molar-refractivity contribution < 1.29 is 26.4 Å². The monoisotopic (exact) mass is 389 g/mol. The van der Waals surface area contributed by atoms with E-state index in [2.05, 4.69) is 0 Å². The number of fused-ring (bicyclic) bond motifs is 4.